The summed E-state index contributed by atoms with van der Waals surface area (Å²) >= 11 is 0. The normalized spacial score (nSPS) is 16.6. The van der Waals surface area contributed by atoms with Gasteiger partial charge in [0.2, 0.25) is 0 Å². The number of hydrogen-bond donors (Lipinski definition) is 1. The van der Waals surface area contributed by atoms with Crippen LogP contribution >= 0.6 is 8.46 Å². The van der Waals surface area contributed by atoms with E-state index in [9.17, 15) is 14.5 Å². The van der Waals surface area contributed by atoms with Crippen LogP contribution in [-0.2, 0) is 18.8 Å². The molecule has 6 heteroatoms. The van der Waals surface area contributed by atoms with Gasteiger partial charge in [0.05, 0.1) is 6.61 Å². The number of carbonyl (C=O) groups is 1. The molecule has 0 heterocycles. The zero-order chi connectivity index (χ0) is 14.2. The average Bonchev–Trinajstić information content (AvgIpc) is 2.33. The molecule has 106 valence electrons. The molecule has 0 radical (unpaired) electrons. The highest BCUT2D eigenvalue weighted by atomic mass is 31.1. The fraction of sp³-hybridized carbons (Fsp3) is 0.917. The molecular weight excluding hydrogens is 255 g/mol. The van der Waals surface area contributed by atoms with Crippen molar-refractivity contribution in [3.05, 3.63) is 0 Å². The molecule has 3 unspecified atom stereocenters. The second kappa shape index (κ2) is 8.57. The summed E-state index contributed by atoms with van der Waals surface area (Å²) in [6, 6.07) is 0. The van der Waals surface area contributed by atoms with Gasteiger partial charge in [0.1, 0.15) is 12.5 Å². The number of aliphatic hydroxyl groups excluding tert-OH is 1. The van der Waals surface area contributed by atoms with Gasteiger partial charge in [-0.05, 0) is 26.2 Å². The van der Waals surface area contributed by atoms with E-state index >= 15 is 0 Å². The first-order valence-corrected chi connectivity index (χ1v) is 7.18. The average molecular weight is 279 g/mol. The van der Waals surface area contributed by atoms with Gasteiger partial charge in [0.15, 0.2) is 0 Å². The smallest absolute Gasteiger partial charge is 0.363 e. The third-order valence-electron chi connectivity index (χ3n) is 2.65. The van der Waals surface area contributed by atoms with Crippen LogP contribution < -0.4 is 0 Å². The Morgan fingerprint density at radius 3 is 2.28 bits per heavy atom. The van der Waals surface area contributed by atoms with Crippen molar-refractivity contribution in [1.29, 1.82) is 0 Å². The van der Waals surface area contributed by atoms with Gasteiger partial charge in [0.25, 0.3) is 5.34 Å². The Bertz CT molecular complexity index is 269. The molecule has 0 aliphatic carbocycles. The molecule has 0 aromatic rings. The molecule has 0 bridgehead atoms. The van der Waals surface area contributed by atoms with E-state index in [4.69, 9.17) is 9.47 Å². The van der Waals surface area contributed by atoms with E-state index in [1.54, 1.807) is 13.8 Å². The second-order valence-corrected chi connectivity index (χ2v) is 5.57. The summed E-state index contributed by atoms with van der Waals surface area (Å²) in [5.74, 6) is -0.961. The maximum atomic E-state index is 12.0. The van der Waals surface area contributed by atoms with Crippen molar-refractivity contribution in [2.24, 2.45) is 11.8 Å². The van der Waals surface area contributed by atoms with E-state index in [0.29, 0.717) is 6.42 Å². The van der Waals surface area contributed by atoms with Crippen molar-refractivity contribution < 1.29 is 23.9 Å². The molecule has 0 saturated carbocycles. The molecule has 0 aromatic carbocycles. The van der Waals surface area contributed by atoms with Crippen molar-refractivity contribution >= 4 is 14.4 Å². The Labute approximate surface area is 110 Å². The molecule has 0 fully saturated rings. The summed E-state index contributed by atoms with van der Waals surface area (Å²) < 4.78 is 21.8. The van der Waals surface area contributed by atoms with E-state index in [1.807, 2.05) is 13.8 Å². The van der Waals surface area contributed by atoms with E-state index in [1.165, 1.54) is 0 Å². The molecule has 18 heavy (non-hydrogen) atoms. The van der Waals surface area contributed by atoms with Crippen molar-refractivity contribution in [3.63, 3.8) is 0 Å². The van der Waals surface area contributed by atoms with Crippen LogP contribution in [0, 0.1) is 11.8 Å². The zero-order valence-electron chi connectivity index (χ0n) is 11.6. The summed E-state index contributed by atoms with van der Waals surface area (Å²) in [7, 11) is -0.920. The number of hydrogen-bond acceptors (Lipinski definition) is 5. The van der Waals surface area contributed by atoms with Crippen LogP contribution in [0.15, 0.2) is 0 Å². The lowest BCUT2D eigenvalue weighted by atomic mass is 9.91. The van der Waals surface area contributed by atoms with Crippen LogP contribution in [-0.4, -0.2) is 36.2 Å². The van der Waals surface area contributed by atoms with Crippen molar-refractivity contribution in [3.8, 4) is 0 Å². The van der Waals surface area contributed by atoms with E-state index in [-0.39, 0.29) is 19.1 Å². The highest BCUT2D eigenvalue weighted by molar-refractivity contribution is 7.25. The molecule has 0 aliphatic rings. The highest BCUT2D eigenvalue weighted by Crippen LogP contribution is 2.37. The van der Waals surface area contributed by atoms with Crippen molar-refractivity contribution in [2.45, 2.75) is 39.5 Å². The summed E-state index contributed by atoms with van der Waals surface area (Å²) in [6.07, 6.45) is 0.467. The summed E-state index contributed by atoms with van der Waals surface area (Å²) in [4.78, 5) is 12.0. The van der Waals surface area contributed by atoms with Gasteiger partial charge in [-0.2, -0.15) is 0 Å². The third kappa shape index (κ3) is 4.63. The molecule has 3 atom stereocenters. The number of carbonyl (C=O) groups excluding carboxylic acids is 1. The van der Waals surface area contributed by atoms with E-state index < -0.39 is 32.3 Å². The number of esters is 1. The molecule has 0 saturated heterocycles. The molecular formula is C12H24O5P+. The molecule has 0 aromatic heterocycles. The Hall–Kier alpha value is -0.510. The molecule has 1 N–H and O–H groups in total. The van der Waals surface area contributed by atoms with Crippen LogP contribution in [0.1, 0.15) is 34.1 Å². The molecule has 0 amide bonds. The number of ether oxygens (including phenoxy) is 2. The molecule has 0 aliphatic heterocycles. The first-order valence-electron chi connectivity index (χ1n) is 6.28. The number of aliphatic hydroxyl groups is 1. The zero-order valence-corrected chi connectivity index (χ0v) is 12.6. The molecule has 5 nitrogen and oxygen atoms in total. The van der Waals surface area contributed by atoms with Gasteiger partial charge in [-0.15, -0.1) is 0 Å². The standard InChI is InChI=1S/C12H23O5P/c1-5-16-11(14)10(7-9(3)4)12(8-13,18-15)17-6-2/h9-10,13H,5-8H2,1-4H3/p+1. The fourth-order valence-electron chi connectivity index (χ4n) is 1.84. The molecule has 0 spiro atoms. The second-order valence-electron chi connectivity index (χ2n) is 4.52. The SMILES string of the molecule is CCOC(=O)C(CC(C)C)C(CO)(OCC)[PH+]=O. The topological polar surface area (TPSA) is 72.8 Å². The maximum Gasteiger partial charge on any atom is 0.363 e. The lowest BCUT2D eigenvalue weighted by molar-refractivity contribution is -0.159. The lowest BCUT2D eigenvalue weighted by Crippen LogP contribution is -2.44. The monoisotopic (exact) mass is 279 g/mol. The summed E-state index contributed by atoms with van der Waals surface area (Å²) in [5.41, 5.74) is 0. The van der Waals surface area contributed by atoms with Crippen LogP contribution in [0.2, 0.25) is 0 Å². The van der Waals surface area contributed by atoms with Crippen LogP contribution in [0.3, 0.4) is 0 Å². The minimum atomic E-state index is -1.34. The van der Waals surface area contributed by atoms with Crippen LogP contribution in [0.25, 0.3) is 0 Å². The lowest BCUT2D eigenvalue weighted by Gasteiger charge is -2.27. The minimum absolute atomic E-state index is 0.210. The Balaban J connectivity index is 5.20. The Morgan fingerprint density at radius 1 is 1.33 bits per heavy atom. The quantitative estimate of drug-likeness (QED) is 0.516. The van der Waals surface area contributed by atoms with E-state index in [2.05, 4.69) is 0 Å². The Morgan fingerprint density at radius 2 is 1.94 bits per heavy atom. The number of rotatable bonds is 9. The van der Waals surface area contributed by atoms with Gasteiger partial charge in [-0.25, -0.2) is 0 Å². The predicted molar refractivity (Wildman–Crippen MR) is 70.0 cm³/mol. The van der Waals surface area contributed by atoms with Gasteiger partial charge in [-0.3, -0.25) is 4.79 Å². The van der Waals surface area contributed by atoms with Gasteiger partial charge in [-0.1, -0.05) is 18.4 Å². The molecule has 0 rings (SSSR count). The fourth-order valence-corrected chi connectivity index (χ4v) is 2.48. The highest BCUT2D eigenvalue weighted by Gasteiger charge is 2.52. The third-order valence-corrected chi connectivity index (χ3v) is 3.65. The minimum Gasteiger partial charge on any atom is -0.466 e. The summed E-state index contributed by atoms with van der Waals surface area (Å²) in [5, 5.41) is 8.14. The van der Waals surface area contributed by atoms with Crippen LogP contribution in [0.5, 0.6) is 0 Å². The maximum absolute atomic E-state index is 12.0. The first kappa shape index (κ1) is 17.5. The largest absolute Gasteiger partial charge is 0.466 e. The van der Waals surface area contributed by atoms with Crippen molar-refractivity contribution in [2.75, 3.05) is 19.8 Å². The predicted octanol–water partition coefficient (Wildman–Crippen LogP) is 1.96. The van der Waals surface area contributed by atoms with Crippen LogP contribution in [0.4, 0.5) is 0 Å². The Kier molecular flexibility index (Phi) is 8.32. The van der Waals surface area contributed by atoms with Gasteiger partial charge in [0, 0.05) is 6.61 Å². The summed E-state index contributed by atoms with van der Waals surface area (Å²) in [6.45, 7) is 7.43. The van der Waals surface area contributed by atoms with E-state index in [0.717, 1.165) is 0 Å². The first-order chi connectivity index (χ1) is 8.47. The van der Waals surface area contributed by atoms with Gasteiger partial charge >= 0.3 is 14.4 Å². The van der Waals surface area contributed by atoms with Gasteiger partial charge < -0.3 is 14.6 Å². The van der Waals surface area contributed by atoms with Crippen molar-refractivity contribution in [1.82, 2.24) is 0 Å².